The fourth-order valence-corrected chi connectivity index (χ4v) is 3.74. The number of H-pyrrole nitrogens is 1. The lowest BCUT2D eigenvalue weighted by Crippen LogP contribution is -1.99. The largest absolute Gasteiger partial charge is 0.360 e. The normalized spacial score (nSPS) is 14.2. The van der Waals surface area contributed by atoms with Gasteiger partial charge in [0, 0.05) is 40.9 Å². The van der Waals surface area contributed by atoms with E-state index in [1.54, 1.807) is 11.8 Å². The third-order valence-electron chi connectivity index (χ3n) is 4.07. The maximum atomic E-state index is 8.65. The lowest BCUT2D eigenvalue weighted by atomic mass is 10.1. The molecule has 0 spiro atoms. The first-order valence-electron chi connectivity index (χ1n) is 7.89. The minimum atomic E-state index is 0.520. The summed E-state index contributed by atoms with van der Waals surface area (Å²) in [6.45, 7) is 0. The van der Waals surface area contributed by atoms with Gasteiger partial charge >= 0.3 is 0 Å². The number of aromatic amines is 1. The lowest BCUT2D eigenvalue weighted by molar-refractivity contribution is 0.669. The van der Waals surface area contributed by atoms with Crippen LogP contribution in [0.3, 0.4) is 0 Å². The van der Waals surface area contributed by atoms with Crippen molar-refractivity contribution in [2.45, 2.75) is 36.9 Å². The number of thioether (sulfide) groups is 1. The molecule has 2 heterocycles. The molecule has 4 rings (SSSR count). The number of nitriles is 1. The van der Waals surface area contributed by atoms with Gasteiger partial charge in [-0.2, -0.15) is 5.26 Å². The van der Waals surface area contributed by atoms with Crippen LogP contribution in [-0.2, 0) is 0 Å². The molecule has 0 atom stereocenters. The van der Waals surface area contributed by atoms with E-state index in [9.17, 15) is 0 Å². The Balaban J connectivity index is 1.69. The van der Waals surface area contributed by atoms with Crippen LogP contribution in [0.25, 0.3) is 22.3 Å². The number of hydrogen-bond acceptors (Lipinski definition) is 4. The molecule has 1 N–H and O–H groups in total. The van der Waals surface area contributed by atoms with Crippen molar-refractivity contribution in [2.24, 2.45) is 0 Å². The Labute approximate surface area is 138 Å². The molecule has 1 aliphatic rings. The smallest absolute Gasteiger partial charge is 0.191 e. The summed E-state index contributed by atoms with van der Waals surface area (Å²) in [5.41, 5.74) is 2.24. The van der Waals surface area contributed by atoms with Crippen molar-refractivity contribution < 1.29 is 0 Å². The van der Waals surface area contributed by atoms with E-state index in [4.69, 9.17) is 5.26 Å². The maximum absolute atomic E-state index is 8.65. The summed E-state index contributed by atoms with van der Waals surface area (Å²) < 4.78 is 2.28. The minimum Gasteiger partial charge on any atom is -0.360 e. The quantitative estimate of drug-likeness (QED) is 0.546. The van der Waals surface area contributed by atoms with Crippen LogP contribution in [0.5, 0.6) is 0 Å². The zero-order valence-corrected chi connectivity index (χ0v) is 13.5. The molecular formula is C17H17N5S. The van der Waals surface area contributed by atoms with Gasteiger partial charge in [0.15, 0.2) is 11.0 Å². The molecule has 5 nitrogen and oxygen atoms in total. The van der Waals surface area contributed by atoms with Gasteiger partial charge in [-0.3, -0.25) is 4.57 Å². The molecule has 0 amide bonds. The van der Waals surface area contributed by atoms with Crippen molar-refractivity contribution >= 4 is 22.7 Å². The van der Waals surface area contributed by atoms with Crippen molar-refractivity contribution in [3.8, 4) is 17.5 Å². The van der Waals surface area contributed by atoms with E-state index in [1.165, 1.54) is 18.2 Å². The first-order valence-corrected chi connectivity index (χ1v) is 8.88. The third kappa shape index (κ3) is 2.73. The Morgan fingerprint density at radius 2 is 2.17 bits per heavy atom. The number of para-hydroxylation sites is 1. The highest BCUT2D eigenvalue weighted by atomic mass is 32.2. The average molecular weight is 323 g/mol. The van der Waals surface area contributed by atoms with Crippen LogP contribution in [0.1, 0.15) is 31.7 Å². The number of benzene rings is 1. The molecule has 0 unspecified atom stereocenters. The summed E-state index contributed by atoms with van der Waals surface area (Å²) in [7, 11) is 0. The second-order valence-corrected chi connectivity index (χ2v) is 6.83. The molecule has 0 bridgehead atoms. The Morgan fingerprint density at radius 3 is 3.00 bits per heavy atom. The number of nitrogens with zero attached hydrogens (tertiary/aromatic N) is 4. The molecule has 23 heavy (non-hydrogen) atoms. The van der Waals surface area contributed by atoms with E-state index in [2.05, 4.69) is 44.0 Å². The van der Waals surface area contributed by atoms with Crippen LogP contribution >= 0.6 is 11.8 Å². The Morgan fingerprint density at radius 1 is 1.30 bits per heavy atom. The van der Waals surface area contributed by atoms with Crippen molar-refractivity contribution in [2.75, 3.05) is 5.75 Å². The lowest BCUT2D eigenvalue weighted by Gasteiger charge is -2.07. The topological polar surface area (TPSA) is 70.3 Å². The Kier molecular flexibility index (Phi) is 3.80. The minimum absolute atomic E-state index is 0.520. The van der Waals surface area contributed by atoms with Gasteiger partial charge in [-0.25, -0.2) is 0 Å². The van der Waals surface area contributed by atoms with Crippen LogP contribution in [0, 0.1) is 11.3 Å². The van der Waals surface area contributed by atoms with Crippen LogP contribution in [-0.4, -0.2) is 25.5 Å². The van der Waals surface area contributed by atoms with Crippen LogP contribution in [0.15, 0.2) is 35.6 Å². The summed E-state index contributed by atoms with van der Waals surface area (Å²) in [5.74, 6) is 1.86. The second-order valence-electron chi connectivity index (χ2n) is 5.77. The van der Waals surface area contributed by atoms with Gasteiger partial charge in [-0.05, 0) is 25.3 Å². The average Bonchev–Trinajstić information content (AvgIpc) is 3.19. The van der Waals surface area contributed by atoms with Gasteiger partial charge in [0.1, 0.15) is 0 Å². The third-order valence-corrected chi connectivity index (χ3v) is 5.10. The molecule has 6 heteroatoms. The summed E-state index contributed by atoms with van der Waals surface area (Å²) in [4.78, 5) is 3.32. The van der Waals surface area contributed by atoms with Gasteiger partial charge in [-0.15, -0.1) is 10.2 Å². The van der Waals surface area contributed by atoms with E-state index >= 15 is 0 Å². The molecule has 0 saturated heterocycles. The molecule has 0 radical (unpaired) electrons. The van der Waals surface area contributed by atoms with Gasteiger partial charge in [0.2, 0.25) is 0 Å². The molecule has 116 valence electrons. The number of nitrogens with one attached hydrogen (secondary N) is 1. The molecule has 1 aromatic carbocycles. The van der Waals surface area contributed by atoms with E-state index < -0.39 is 0 Å². The fourth-order valence-electron chi connectivity index (χ4n) is 2.79. The van der Waals surface area contributed by atoms with Crippen LogP contribution < -0.4 is 0 Å². The fraction of sp³-hybridized carbons (Fsp3) is 0.353. The highest BCUT2D eigenvalue weighted by molar-refractivity contribution is 7.99. The first kappa shape index (κ1) is 14.3. The van der Waals surface area contributed by atoms with E-state index in [0.29, 0.717) is 12.5 Å². The highest BCUT2D eigenvalue weighted by Gasteiger charge is 2.30. The molecule has 2 aromatic heterocycles. The van der Waals surface area contributed by atoms with Crippen molar-refractivity contribution in [3.05, 3.63) is 30.5 Å². The summed E-state index contributed by atoms with van der Waals surface area (Å²) in [6, 6.07) is 11.0. The number of rotatable bonds is 6. The van der Waals surface area contributed by atoms with E-state index in [0.717, 1.165) is 34.2 Å². The number of aromatic nitrogens is 4. The summed E-state index contributed by atoms with van der Waals surface area (Å²) in [5, 5.41) is 19.7. The molecular weight excluding hydrogens is 306 g/mol. The van der Waals surface area contributed by atoms with E-state index in [-0.39, 0.29) is 0 Å². The molecule has 0 aliphatic heterocycles. The predicted molar refractivity (Wildman–Crippen MR) is 91.2 cm³/mol. The first-order chi connectivity index (χ1) is 11.4. The van der Waals surface area contributed by atoms with Gasteiger partial charge < -0.3 is 4.98 Å². The van der Waals surface area contributed by atoms with Gasteiger partial charge in [-0.1, -0.05) is 30.0 Å². The highest BCUT2D eigenvalue weighted by Crippen LogP contribution is 2.42. The predicted octanol–water partition coefficient (Wildman–Crippen LogP) is 4.16. The molecule has 1 saturated carbocycles. The standard InChI is InChI=1S/C17H17N5S/c18-9-3-4-10-23-17-21-20-16(22(17)12-7-8-12)14-11-19-15-6-2-1-5-13(14)15/h1-2,5-6,11-12,19H,3-4,7-8,10H2. The molecule has 1 aliphatic carbocycles. The van der Waals surface area contributed by atoms with Crippen LogP contribution in [0.2, 0.25) is 0 Å². The summed E-state index contributed by atoms with van der Waals surface area (Å²) >= 11 is 1.71. The number of hydrogen-bond donors (Lipinski definition) is 1. The summed E-state index contributed by atoms with van der Waals surface area (Å²) in [6.07, 6.45) is 5.90. The monoisotopic (exact) mass is 323 g/mol. The van der Waals surface area contributed by atoms with Crippen molar-refractivity contribution in [3.63, 3.8) is 0 Å². The number of fused-ring (bicyclic) bond motifs is 1. The zero-order valence-electron chi connectivity index (χ0n) is 12.7. The second kappa shape index (κ2) is 6.09. The Bertz CT molecular complexity index is 869. The maximum Gasteiger partial charge on any atom is 0.191 e. The van der Waals surface area contributed by atoms with E-state index in [1.807, 2.05) is 12.3 Å². The number of unbranched alkanes of at least 4 members (excludes halogenated alkanes) is 1. The Hall–Kier alpha value is -2.26. The zero-order chi connectivity index (χ0) is 15.6. The van der Waals surface area contributed by atoms with Gasteiger partial charge in [0.05, 0.1) is 6.07 Å². The van der Waals surface area contributed by atoms with Crippen molar-refractivity contribution in [1.82, 2.24) is 19.7 Å². The van der Waals surface area contributed by atoms with Gasteiger partial charge in [0.25, 0.3) is 0 Å². The SMILES string of the molecule is N#CCCCSc1nnc(-c2c[nH]c3ccccc23)n1C1CC1. The molecule has 1 fully saturated rings. The van der Waals surface area contributed by atoms with Crippen molar-refractivity contribution in [1.29, 1.82) is 5.26 Å². The molecule has 3 aromatic rings. The van der Waals surface area contributed by atoms with Crippen LogP contribution in [0.4, 0.5) is 0 Å².